The zero-order valence-corrected chi connectivity index (χ0v) is 19.8. The van der Waals surface area contributed by atoms with Gasteiger partial charge in [-0.3, -0.25) is 0 Å². The molecule has 2 heteroatoms. The van der Waals surface area contributed by atoms with Gasteiger partial charge in [0.2, 0.25) is 0 Å². The third-order valence-corrected chi connectivity index (χ3v) is 6.16. The maximum Gasteiger partial charge on any atom is 0.0540 e. The zero-order valence-electron chi connectivity index (χ0n) is 19.8. The number of para-hydroxylation sites is 1. The lowest BCUT2D eigenvalue weighted by molar-refractivity contribution is 0.148. The summed E-state index contributed by atoms with van der Waals surface area (Å²) in [5.41, 5.74) is 3.58. The summed E-state index contributed by atoms with van der Waals surface area (Å²) in [4.78, 5) is 0. The third-order valence-electron chi connectivity index (χ3n) is 6.16. The van der Waals surface area contributed by atoms with E-state index >= 15 is 0 Å². The fourth-order valence-electron chi connectivity index (χ4n) is 4.17. The van der Waals surface area contributed by atoms with Crippen LogP contribution in [0.25, 0.3) is 0 Å². The van der Waals surface area contributed by atoms with Crippen molar-refractivity contribution in [3.05, 3.63) is 60.2 Å². The van der Waals surface area contributed by atoms with Crippen molar-refractivity contribution in [2.75, 3.05) is 5.32 Å². The zero-order chi connectivity index (χ0) is 22.0. The molecule has 0 amide bonds. The topological polar surface area (TPSA) is 32.3 Å². The Morgan fingerprint density at radius 3 is 1.74 bits per heavy atom. The van der Waals surface area contributed by atoms with Crippen molar-refractivity contribution in [2.24, 2.45) is 0 Å². The summed E-state index contributed by atoms with van der Waals surface area (Å²) in [5.74, 6) is 0. The quantitative estimate of drug-likeness (QED) is 0.235. The minimum Gasteiger partial charge on any atom is -0.393 e. The average Bonchev–Trinajstić information content (AvgIpc) is 2.79. The molecule has 1 unspecified atom stereocenters. The molecule has 2 N–H and O–H groups in total. The lowest BCUT2D eigenvalue weighted by Gasteiger charge is -2.11. The lowest BCUT2D eigenvalue weighted by Crippen LogP contribution is -2.06. The van der Waals surface area contributed by atoms with Gasteiger partial charge < -0.3 is 10.4 Å². The molecule has 0 fully saturated rings. The Morgan fingerprint density at radius 1 is 0.613 bits per heavy atom. The molecule has 0 aliphatic rings. The van der Waals surface area contributed by atoms with E-state index in [1.165, 1.54) is 76.2 Å². The number of aryl methyl sites for hydroxylation is 1. The van der Waals surface area contributed by atoms with Gasteiger partial charge in [-0.25, -0.2) is 0 Å². The van der Waals surface area contributed by atoms with Crippen molar-refractivity contribution in [1.82, 2.24) is 0 Å². The van der Waals surface area contributed by atoms with E-state index in [1.54, 1.807) is 0 Å². The highest BCUT2D eigenvalue weighted by Gasteiger charge is 2.04. The molecule has 0 aliphatic heterocycles. The van der Waals surface area contributed by atoms with E-state index in [0.717, 1.165) is 37.1 Å². The molecule has 0 bridgehead atoms. The molecule has 0 heterocycles. The molecule has 0 spiro atoms. The number of hydrogen-bond donors (Lipinski definition) is 2. The van der Waals surface area contributed by atoms with Crippen LogP contribution in [0.15, 0.2) is 54.6 Å². The molecule has 0 aliphatic carbocycles. The van der Waals surface area contributed by atoms with Crippen LogP contribution in [0.3, 0.4) is 0 Å². The largest absolute Gasteiger partial charge is 0.393 e. The van der Waals surface area contributed by atoms with Gasteiger partial charge >= 0.3 is 0 Å². The van der Waals surface area contributed by atoms with Gasteiger partial charge in [-0.05, 0) is 55.5 Å². The van der Waals surface area contributed by atoms with Crippen LogP contribution in [0.2, 0.25) is 0 Å². The fraction of sp³-hybridized carbons (Fsp3) is 0.586. The minimum atomic E-state index is -0.127. The number of nitrogens with one attached hydrogen (secondary N) is 1. The monoisotopic (exact) mass is 423 g/mol. The number of aliphatic hydroxyl groups excluding tert-OH is 1. The second-order valence-electron chi connectivity index (χ2n) is 9.06. The Bertz CT molecular complexity index is 652. The molecule has 2 rings (SSSR count). The van der Waals surface area contributed by atoms with Crippen LogP contribution >= 0.6 is 0 Å². The summed E-state index contributed by atoms with van der Waals surface area (Å²) >= 11 is 0. The molecule has 0 aromatic heterocycles. The molecule has 31 heavy (non-hydrogen) atoms. The standard InChI is InChI=1S/C29H45NO/c1-2-3-4-5-6-7-8-9-10-11-15-20-29(31)21-16-17-26-22-24-28(25-23-26)30-27-18-13-12-14-19-27/h12-14,18-19,22-25,29-31H,2-11,15-17,20-21H2,1H3. The summed E-state index contributed by atoms with van der Waals surface area (Å²) in [5, 5.41) is 13.7. The Morgan fingerprint density at radius 2 is 1.13 bits per heavy atom. The van der Waals surface area contributed by atoms with Gasteiger partial charge in [-0.15, -0.1) is 0 Å². The number of rotatable bonds is 18. The molecule has 2 aromatic carbocycles. The highest BCUT2D eigenvalue weighted by Crippen LogP contribution is 2.18. The highest BCUT2D eigenvalue weighted by atomic mass is 16.3. The van der Waals surface area contributed by atoms with Gasteiger partial charge in [0.05, 0.1) is 6.10 Å². The van der Waals surface area contributed by atoms with E-state index in [9.17, 15) is 5.11 Å². The van der Waals surface area contributed by atoms with E-state index in [4.69, 9.17) is 0 Å². The van der Waals surface area contributed by atoms with Gasteiger partial charge in [0.1, 0.15) is 0 Å². The number of benzene rings is 2. The van der Waals surface area contributed by atoms with Crippen molar-refractivity contribution in [3.8, 4) is 0 Å². The van der Waals surface area contributed by atoms with Gasteiger partial charge in [-0.2, -0.15) is 0 Å². The van der Waals surface area contributed by atoms with Crippen molar-refractivity contribution in [1.29, 1.82) is 0 Å². The summed E-state index contributed by atoms with van der Waals surface area (Å²) < 4.78 is 0. The molecular formula is C29H45NO. The van der Waals surface area contributed by atoms with E-state index in [-0.39, 0.29) is 6.10 Å². The predicted molar refractivity (Wildman–Crippen MR) is 136 cm³/mol. The van der Waals surface area contributed by atoms with Crippen molar-refractivity contribution < 1.29 is 5.11 Å². The SMILES string of the molecule is CCCCCCCCCCCCCC(O)CCCc1ccc(Nc2ccccc2)cc1. The van der Waals surface area contributed by atoms with E-state index in [2.05, 4.69) is 48.6 Å². The molecule has 2 nitrogen and oxygen atoms in total. The molecule has 0 radical (unpaired) electrons. The molecule has 172 valence electrons. The Balaban J connectivity index is 1.44. The van der Waals surface area contributed by atoms with Crippen molar-refractivity contribution in [2.45, 2.75) is 109 Å². The summed E-state index contributed by atoms with van der Waals surface area (Å²) in [6, 6.07) is 18.9. The van der Waals surface area contributed by atoms with Gasteiger partial charge in [0.25, 0.3) is 0 Å². The lowest BCUT2D eigenvalue weighted by atomic mass is 10.0. The van der Waals surface area contributed by atoms with Crippen LogP contribution in [-0.2, 0) is 6.42 Å². The summed E-state index contributed by atoms with van der Waals surface area (Å²) in [6.07, 6.45) is 18.9. The van der Waals surface area contributed by atoms with Crippen LogP contribution < -0.4 is 5.32 Å². The normalized spacial score (nSPS) is 12.1. The van der Waals surface area contributed by atoms with E-state index in [0.29, 0.717) is 0 Å². The minimum absolute atomic E-state index is 0.127. The molecule has 1 atom stereocenters. The van der Waals surface area contributed by atoms with Gasteiger partial charge in [-0.1, -0.05) is 108 Å². The summed E-state index contributed by atoms with van der Waals surface area (Å²) in [6.45, 7) is 2.28. The Labute approximate surface area is 191 Å². The summed E-state index contributed by atoms with van der Waals surface area (Å²) in [7, 11) is 0. The number of unbranched alkanes of at least 4 members (excludes halogenated alkanes) is 10. The van der Waals surface area contributed by atoms with Gasteiger partial charge in [0, 0.05) is 11.4 Å². The molecule has 2 aromatic rings. The average molecular weight is 424 g/mol. The van der Waals surface area contributed by atoms with Crippen LogP contribution in [0, 0.1) is 0 Å². The first kappa shape index (κ1) is 25.5. The van der Waals surface area contributed by atoms with Crippen LogP contribution in [0.4, 0.5) is 11.4 Å². The fourth-order valence-corrected chi connectivity index (χ4v) is 4.17. The first-order chi connectivity index (χ1) is 15.3. The van der Waals surface area contributed by atoms with Gasteiger partial charge in [0.15, 0.2) is 0 Å². The maximum absolute atomic E-state index is 10.3. The van der Waals surface area contributed by atoms with E-state index < -0.39 is 0 Å². The first-order valence-corrected chi connectivity index (χ1v) is 12.9. The Kier molecular flexibility index (Phi) is 13.8. The predicted octanol–water partition coefficient (Wildman–Crippen LogP) is 8.81. The Hall–Kier alpha value is -1.80. The second-order valence-corrected chi connectivity index (χ2v) is 9.06. The highest BCUT2D eigenvalue weighted by molar-refractivity contribution is 5.59. The first-order valence-electron chi connectivity index (χ1n) is 12.9. The van der Waals surface area contributed by atoms with Crippen LogP contribution in [0.5, 0.6) is 0 Å². The van der Waals surface area contributed by atoms with Crippen LogP contribution in [0.1, 0.15) is 102 Å². The molecule has 0 saturated heterocycles. The van der Waals surface area contributed by atoms with Crippen molar-refractivity contribution >= 4 is 11.4 Å². The maximum atomic E-state index is 10.3. The van der Waals surface area contributed by atoms with Crippen molar-refractivity contribution in [3.63, 3.8) is 0 Å². The van der Waals surface area contributed by atoms with E-state index in [1.807, 2.05) is 18.2 Å². The molecule has 0 saturated carbocycles. The third kappa shape index (κ3) is 12.6. The number of anilines is 2. The number of aliphatic hydroxyl groups is 1. The number of hydrogen-bond acceptors (Lipinski definition) is 2. The molecular weight excluding hydrogens is 378 g/mol. The van der Waals surface area contributed by atoms with Crippen LogP contribution in [-0.4, -0.2) is 11.2 Å². The smallest absolute Gasteiger partial charge is 0.0540 e. The second kappa shape index (κ2) is 16.8.